The molecule has 4 aliphatic rings. The molecule has 2 unspecified atom stereocenters. The SMILES string of the molecule is C=C(C)C1=CN2C(=CC1=C)C1(CC)CC=C(CCC3CCCCC3)C=C1CC2CC. The lowest BCUT2D eigenvalue weighted by Gasteiger charge is -2.53. The highest BCUT2D eigenvalue weighted by Gasteiger charge is 2.46. The molecule has 0 N–H and O–H groups in total. The standard InChI is InChI=1S/C29H41N/c1-6-26-19-25-18-24(14-13-23-11-9-8-10-12-23)15-16-29(25,7-2)28-17-22(5)27(21(3)4)20-30(26)28/h15,17-18,20,23,26H,3,5-14,16,19H2,1-2,4H3. The third kappa shape index (κ3) is 3.81. The zero-order chi connectivity index (χ0) is 21.3. The van der Waals surface area contributed by atoms with Crippen LogP contribution in [0.1, 0.15) is 91.4 Å². The van der Waals surface area contributed by atoms with Crippen LogP contribution in [0.5, 0.6) is 0 Å². The van der Waals surface area contributed by atoms with E-state index in [2.05, 4.69) is 63.3 Å². The molecule has 0 aromatic heterocycles. The van der Waals surface area contributed by atoms with E-state index >= 15 is 0 Å². The average molecular weight is 404 g/mol. The first kappa shape index (κ1) is 21.5. The quantitative estimate of drug-likeness (QED) is 0.430. The molecule has 1 saturated heterocycles. The maximum atomic E-state index is 4.39. The van der Waals surface area contributed by atoms with E-state index in [9.17, 15) is 0 Å². The zero-order valence-electron chi connectivity index (χ0n) is 19.6. The lowest BCUT2D eigenvalue weighted by Crippen LogP contribution is -2.47. The number of allylic oxidation sites excluding steroid dienone is 8. The highest BCUT2D eigenvalue weighted by atomic mass is 15.2. The van der Waals surface area contributed by atoms with E-state index in [1.165, 1.54) is 69.1 Å². The van der Waals surface area contributed by atoms with E-state index < -0.39 is 0 Å². The number of hydrogen-bond acceptors (Lipinski definition) is 1. The topological polar surface area (TPSA) is 3.24 Å². The molecule has 1 saturated carbocycles. The third-order valence-electron chi connectivity index (χ3n) is 8.33. The van der Waals surface area contributed by atoms with Gasteiger partial charge >= 0.3 is 0 Å². The summed E-state index contributed by atoms with van der Waals surface area (Å²) >= 11 is 0. The maximum Gasteiger partial charge on any atom is 0.0368 e. The summed E-state index contributed by atoms with van der Waals surface area (Å²) in [6.45, 7) is 15.4. The minimum atomic E-state index is 0.153. The van der Waals surface area contributed by atoms with Gasteiger partial charge in [-0.3, -0.25) is 0 Å². The van der Waals surface area contributed by atoms with Crippen LogP contribution in [0.4, 0.5) is 0 Å². The van der Waals surface area contributed by atoms with Crippen molar-refractivity contribution < 1.29 is 0 Å². The monoisotopic (exact) mass is 403 g/mol. The Bertz CT molecular complexity index is 826. The van der Waals surface area contributed by atoms with Crippen molar-refractivity contribution in [3.8, 4) is 0 Å². The van der Waals surface area contributed by atoms with Gasteiger partial charge in [-0.1, -0.05) is 82.4 Å². The summed E-state index contributed by atoms with van der Waals surface area (Å²) in [6.07, 6.45) is 24.5. The van der Waals surface area contributed by atoms with Crippen molar-refractivity contribution in [2.75, 3.05) is 0 Å². The normalized spacial score (nSPS) is 29.4. The molecule has 2 heterocycles. The van der Waals surface area contributed by atoms with Gasteiger partial charge in [0.1, 0.15) is 0 Å². The Morgan fingerprint density at radius 1 is 1.17 bits per heavy atom. The number of fused-ring (bicyclic) bond motifs is 3. The van der Waals surface area contributed by atoms with Crippen LogP contribution in [-0.4, -0.2) is 10.9 Å². The van der Waals surface area contributed by atoms with Crippen LogP contribution in [-0.2, 0) is 0 Å². The predicted octanol–water partition coefficient (Wildman–Crippen LogP) is 8.40. The third-order valence-corrected chi connectivity index (χ3v) is 8.33. The van der Waals surface area contributed by atoms with Crippen LogP contribution in [0.25, 0.3) is 0 Å². The molecule has 0 aromatic rings. The molecule has 1 heteroatoms. The van der Waals surface area contributed by atoms with Gasteiger partial charge in [-0.25, -0.2) is 0 Å². The molecule has 0 amide bonds. The van der Waals surface area contributed by atoms with Gasteiger partial charge in [-0.05, 0) is 74.2 Å². The van der Waals surface area contributed by atoms with Gasteiger partial charge in [0.25, 0.3) is 0 Å². The van der Waals surface area contributed by atoms with Gasteiger partial charge in [0, 0.05) is 23.4 Å². The summed E-state index contributed by atoms with van der Waals surface area (Å²) in [4.78, 5) is 2.58. The average Bonchev–Trinajstić information content (AvgIpc) is 2.77. The summed E-state index contributed by atoms with van der Waals surface area (Å²) in [5.41, 5.74) is 8.38. The fourth-order valence-corrected chi connectivity index (χ4v) is 6.33. The maximum absolute atomic E-state index is 4.39. The van der Waals surface area contributed by atoms with Gasteiger partial charge < -0.3 is 4.90 Å². The molecule has 2 fully saturated rings. The summed E-state index contributed by atoms with van der Waals surface area (Å²) in [5, 5.41) is 0. The number of nitrogens with zero attached hydrogens (tertiary/aromatic N) is 1. The minimum Gasteiger partial charge on any atom is -0.347 e. The zero-order valence-corrected chi connectivity index (χ0v) is 19.6. The Morgan fingerprint density at radius 2 is 1.93 bits per heavy atom. The fourth-order valence-electron chi connectivity index (χ4n) is 6.33. The van der Waals surface area contributed by atoms with Gasteiger partial charge in [0.15, 0.2) is 0 Å². The second-order valence-electron chi connectivity index (χ2n) is 10.2. The molecule has 0 bridgehead atoms. The first-order chi connectivity index (χ1) is 14.5. The summed E-state index contributed by atoms with van der Waals surface area (Å²) < 4.78 is 0. The Balaban J connectivity index is 1.60. The second-order valence-corrected chi connectivity index (χ2v) is 10.2. The molecule has 0 radical (unpaired) electrons. The van der Waals surface area contributed by atoms with Crippen molar-refractivity contribution in [3.63, 3.8) is 0 Å². The molecule has 30 heavy (non-hydrogen) atoms. The van der Waals surface area contributed by atoms with Crippen molar-refractivity contribution >= 4 is 0 Å². The molecule has 0 aromatic carbocycles. The largest absolute Gasteiger partial charge is 0.347 e. The molecule has 162 valence electrons. The van der Waals surface area contributed by atoms with Crippen molar-refractivity contribution in [2.45, 2.75) is 97.4 Å². The number of piperidine rings is 1. The highest BCUT2D eigenvalue weighted by molar-refractivity contribution is 5.56. The molecule has 2 atom stereocenters. The lowest BCUT2D eigenvalue weighted by molar-refractivity contribution is 0.187. The Labute approximate surface area is 185 Å². The van der Waals surface area contributed by atoms with Crippen molar-refractivity contribution in [1.29, 1.82) is 0 Å². The van der Waals surface area contributed by atoms with Crippen molar-refractivity contribution in [2.24, 2.45) is 11.3 Å². The minimum absolute atomic E-state index is 0.153. The van der Waals surface area contributed by atoms with E-state index in [-0.39, 0.29) is 5.41 Å². The molecule has 2 aliphatic heterocycles. The van der Waals surface area contributed by atoms with Crippen LogP contribution in [0.3, 0.4) is 0 Å². The Morgan fingerprint density at radius 3 is 2.60 bits per heavy atom. The first-order valence-corrected chi connectivity index (χ1v) is 12.5. The van der Waals surface area contributed by atoms with Crippen LogP contribution in [0.2, 0.25) is 0 Å². The van der Waals surface area contributed by atoms with Gasteiger partial charge in [-0.2, -0.15) is 0 Å². The first-order valence-electron chi connectivity index (χ1n) is 12.5. The van der Waals surface area contributed by atoms with E-state index in [0.29, 0.717) is 6.04 Å². The van der Waals surface area contributed by atoms with E-state index in [1.807, 2.05) is 0 Å². The van der Waals surface area contributed by atoms with Crippen LogP contribution >= 0.6 is 0 Å². The molecular formula is C29H41N. The number of hydrogen-bond donors (Lipinski definition) is 0. The number of rotatable bonds is 6. The predicted molar refractivity (Wildman–Crippen MR) is 130 cm³/mol. The van der Waals surface area contributed by atoms with Crippen molar-refractivity contribution in [1.82, 2.24) is 4.90 Å². The molecule has 0 spiro atoms. The Hall–Kier alpha value is -1.76. The second kappa shape index (κ2) is 8.77. The van der Waals surface area contributed by atoms with Crippen molar-refractivity contribution in [3.05, 3.63) is 71.1 Å². The van der Waals surface area contributed by atoms with E-state index in [1.54, 1.807) is 11.1 Å². The van der Waals surface area contributed by atoms with Crippen LogP contribution in [0.15, 0.2) is 71.1 Å². The van der Waals surface area contributed by atoms with E-state index in [4.69, 9.17) is 0 Å². The van der Waals surface area contributed by atoms with E-state index in [0.717, 1.165) is 29.9 Å². The lowest BCUT2D eigenvalue weighted by atomic mass is 9.63. The summed E-state index contributed by atoms with van der Waals surface area (Å²) in [7, 11) is 0. The van der Waals surface area contributed by atoms with Crippen LogP contribution < -0.4 is 0 Å². The van der Waals surface area contributed by atoms with Gasteiger partial charge in [0.05, 0.1) is 0 Å². The van der Waals surface area contributed by atoms with Gasteiger partial charge in [-0.15, -0.1) is 0 Å². The summed E-state index contributed by atoms with van der Waals surface area (Å²) in [5.74, 6) is 0.969. The Kier molecular flexibility index (Phi) is 6.28. The smallest absolute Gasteiger partial charge is 0.0368 e. The molecule has 4 rings (SSSR count). The molecular weight excluding hydrogens is 362 g/mol. The molecule has 2 aliphatic carbocycles. The highest BCUT2D eigenvalue weighted by Crippen LogP contribution is 2.55. The van der Waals surface area contributed by atoms with Crippen LogP contribution in [0, 0.1) is 11.3 Å². The molecule has 1 nitrogen and oxygen atoms in total. The fraction of sp³-hybridized carbons (Fsp3) is 0.586. The summed E-state index contributed by atoms with van der Waals surface area (Å²) in [6, 6.07) is 0.544. The van der Waals surface area contributed by atoms with Gasteiger partial charge in [0.2, 0.25) is 0 Å².